The summed E-state index contributed by atoms with van der Waals surface area (Å²) in [6.07, 6.45) is 2.98. The van der Waals surface area contributed by atoms with E-state index in [2.05, 4.69) is 20.8 Å². The first-order valence-electron chi connectivity index (χ1n) is 9.02. The van der Waals surface area contributed by atoms with Crippen molar-refractivity contribution < 1.29 is 9.53 Å². The molecule has 4 rings (SSSR count). The molecule has 0 radical (unpaired) electrons. The second kappa shape index (κ2) is 6.99. The molecule has 2 aliphatic heterocycles. The highest BCUT2D eigenvalue weighted by Crippen LogP contribution is 2.47. The van der Waals surface area contributed by atoms with Crippen molar-refractivity contribution in [2.75, 3.05) is 13.1 Å². The molecule has 0 N–H and O–H groups in total. The normalized spacial score (nSPS) is 26.3. The third kappa shape index (κ3) is 2.88. The molecule has 3 nitrogen and oxygen atoms in total. The molecule has 1 fully saturated rings. The quantitative estimate of drug-likeness (QED) is 0.610. The Balaban J connectivity index is 1.88. The number of ketones is 1. The lowest BCUT2D eigenvalue weighted by Crippen LogP contribution is -2.60. The molecular weight excluding hydrogens is 414 g/mol. The Hall–Kier alpha value is -1.36. The minimum Gasteiger partial charge on any atom is -0.482 e. The molecule has 0 spiro atoms. The van der Waals surface area contributed by atoms with Gasteiger partial charge in [-0.15, -0.1) is 0 Å². The largest absolute Gasteiger partial charge is 0.482 e. The number of hydrogen-bond donors (Lipinski definition) is 0. The van der Waals surface area contributed by atoms with E-state index < -0.39 is 11.6 Å². The summed E-state index contributed by atoms with van der Waals surface area (Å²) < 4.78 is 7.31. The van der Waals surface area contributed by atoms with Gasteiger partial charge in [0.15, 0.2) is 11.9 Å². The number of nitrogens with zero attached hydrogens (tertiary/aromatic N) is 1. The number of hydrogen-bond acceptors (Lipinski definition) is 3. The fourth-order valence-electron chi connectivity index (χ4n) is 4.14. The number of Topliss-reactive ketones (excluding diaryl/α,β-unsaturated/α-hetero) is 1. The average Bonchev–Trinajstić information content (AvgIpc) is 2.66. The summed E-state index contributed by atoms with van der Waals surface area (Å²) in [4.78, 5) is 16.0. The SMILES string of the molecule is C[C@@]1(N2CCCCC2)C(=O)c2cc(Br)ccc2O[C@@H]1c1ccccc1Cl. The van der Waals surface area contributed by atoms with Crippen molar-refractivity contribution in [2.45, 2.75) is 37.8 Å². The van der Waals surface area contributed by atoms with Crippen LogP contribution in [0.3, 0.4) is 0 Å². The highest BCUT2D eigenvalue weighted by molar-refractivity contribution is 9.10. The monoisotopic (exact) mass is 433 g/mol. The Kier molecular flexibility index (Phi) is 4.84. The highest BCUT2D eigenvalue weighted by Gasteiger charge is 2.53. The van der Waals surface area contributed by atoms with Crippen LogP contribution in [0.2, 0.25) is 5.02 Å². The second-order valence-electron chi connectivity index (χ2n) is 7.18. The van der Waals surface area contributed by atoms with E-state index in [1.807, 2.05) is 49.4 Å². The van der Waals surface area contributed by atoms with Gasteiger partial charge in [0.25, 0.3) is 0 Å². The van der Waals surface area contributed by atoms with Crippen molar-refractivity contribution in [3.8, 4) is 5.75 Å². The molecule has 1 saturated heterocycles. The maximum Gasteiger partial charge on any atom is 0.190 e. The van der Waals surface area contributed by atoms with E-state index in [0.717, 1.165) is 36.0 Å². The van der Waals surface area contributed by atoms with E-state index in [-0.39, 0.29) is 5.78 Å². The Labute approximate surface area is 167 Å². The van der Waals surface area contributed by atoms with Gasteiger partial charge in [0.05, 0.1) is 5.56 Å². The molecule has 0 amide bonds. The van der Waals surface area contributed by atoms with Crippen LogP contribution in [0.25, 0.3) is 0 Å². The number of rotatable bonds is 2. The molecule has 0 saturated carbocycles. The first-order valence-corrected chi connectivity index (χ1v) is 10.2. The van der Waals surface area contributed by atoms with Gasteiger partial charge in [0.1, 0.15) is 11.3 Å². The standard InChI is InChI=1S/C21H21BrClNO2/c1-21(24-11-5-2-6-12-24)19(25)16-13-14(22)9-10-18(16)26-20(21)15-7-3-4-8-17(15)23/h3-4,7-10,13,20H,2,5-6,11-12H2,1H3/t20-,21-/m1/s1. The molecule has 2 aliphatic rings. The molecule has 0 unspecified atom stereocenters. The molecule has 136 valence electrons. The van der Waals surface area contributed by atoms with E-state index in [9.17, 15) is 4.79 Å². The van der Waals surface area contributed by atoms with Gasteiger partial charge >= 0.3 is 0 Å². The zero-order valence-corrected chi connectivity index (χ0v) is 17.0. The minimum atomic E-state index is -0.779. The van der Waals surface area contributed by atoms with Gasteiger partial charge in [-0.3, -0.25) is 9.69 Å². The predicted octanol–water partition coefficient (Wildman–Crippen LogP) is 5.66. The van der Waals surface area contributed by atoms with Crippen LogP contribution in [-0.4, -0.2) is 29.3 Å². The summed E-state index contributed by atoms with van der Waals surface area (Å²) >= 11 is 9.99. The lowest BCUT2D eigenvalue weighted by molar-refractivity contribution is -0.0154. The molecule has 26 heavy (non-hydrogen) atoms. The van der Waals surface area contributed by atoms with E-state index in [0.29, 0.717) is 16.3 Å². The zero-order valence-electron chi connectivity index (χ0n) is 14.7. The van der Waals surface area contributed by atoms with Crippen LogP contribution < -0.4 is 4.74 Å². The molecule has 0 aliphatic carbocycles. The Morgan fingerprint density at radius 3 is 2.62 bits per heavy atom. The van der Waals surface area contributed by atoms with Gasteiger partial charge in [-0.25, -0.2) is 0 Å². The van der Waals surface area contributed by atoms with Crippen LogP contribution in [0.4, 0.5) is 0 Å². The van der Waals surface area contributed by atoms with Crippen molar-refractivity contribution in [3.05, 3.63) is 63.1 Å². The number of piperidine rings is 1. The Bertz CT molecular complexity index is 850. The van der Waals surface area contributed by atoms with Crippen molar-refractivity contribution in [2.24, 2.45) is 0 Å². The first kappa shape index (κ1) is 18.0. The van der Waals surface area contributed by atoms with Gasteiger partial charge in [-0.05, 0) is 57.1 Å². The number of fused-ring (bicyclic) bond motifs is 1. The van der Waals surface area contributed by atoms with E-state index in [1.54, 1.807) is 0 Å². The highest BCUT2D eigenvalue weighted by atomic mass is 79.9. The molecule has 0 aromatic heterocycles. The molecule has 2 aromatic rings. The van der Waals surface area contributed by atoms with Crippen LogP contribution >= 0.6 is 27.5 Å². The van der Waals surface area contributed by atoms with Crippen LogP contribution in [0.1, 0.15) is 48.2 Å². The van der Waals surface area contributed by atoms with Gasteiger partial charge < -0.3 is 4.74 Å². The van der Waals surface area contributed by atoms with Crippen LogP contribution in [0.15, 0.2) is 46.9 Å². The maximum atomic E-state index is 13.7. The van der Waals surface area contributed by atoms with Crippen LogP contribution in [-0.2, 0) is 0 Å². The maximum absolute atomic E-state index is 13.7. The van der Waals surface area contributed by atoms with E-state index in [4.69, 9.17) is 16.3 Å². The Morgan fingerprint density at radius 1 is 1.15 bits per heavy atom. The number of benzene rings is 2. The zero-order chi connectivity index (χ0) is 18.3. The number of halogens is 2. The predicted molar refractivity (Wildman–Crippen MR) is 107 cm³/mol. The topological polar surface area (TPSA) is 29.5 Å². The lowest BCUT2D eigenvalue weighted by Gasteiger charge is -2.49. The van der Waals surface area contributed by atoms with Crippen molar-refractivity contribution in [1.29, 1.82) is 0 Å². The fraction of sp³-hybridized carbons (Fsp3) is 0.381. The summed E-state index contributed by atoms with van der Waals surface area (Å²) in [7, 11) is 0. The van der Waals surface area contributed by atoms with Crippen LogP contribution in [0.5, 0.6) is 5.75 Å². The summed E-state index contributed by atoms with van der Waals surface area (Å²) in [5.74, 6) is 0.726. The summed E-state index contributed by atoms with van der Waals surface area (Å²) in [5, 5.41) is 0.633. The smallest absolute Gasteiger partial charge is 0.190 e. The molecule has 2 atom stereocenters. The second-order valence-corrected chi connectivity index (χ2v) is 8.51. The number of carbonyl (C=O) groups is 1. The summed E-state index contributed by atoms with van der Waals surface area (Å²) in [6, 6.07) is 13.3. The fourth-order valence-corrected chi connectivity index (χ4v) is 4.73. The molecule has 0 bridgehead atoms. The average molecular weight is 435 g/mol. The first-order chi connectivity index (χ1) is 12.5. The number of likely N-dealkylation sites (tertiary alicyclic amines) is 1. The molecule has 2 aromatic carbocycles. The van der Waals surface area contributed by atoms with Crippen LogP contribution in [0, 0.1) is 0 Å². The van der Waals surface area contributed by atoms with E-state index in [1.165, 1.54) is 6.42 Å². The Morgan fingerprint density at radius 2 is 1.88 bits per heavy atom. The lowest BCUT2D eigenvalue weighted by atomic mass is 9.77. The molecule has 2 heterocycles. The van der Waals surface area contributed by atoms with E-state index >= 15 is 0 Å². The van der Waals surface area contributed by atoms with Crippen molar-refractivity contribution in [3.63, 3.8) is 0 Å². The number of ether oxygens (including phenoxy) is 1. The van der Waals surface area contributed by atoms with Gasteiger partial charge in [0.2, 0.25) is 0 Å². The molecule has 5 heteroatoms. The van der Waals surface area contributed by atoms with Gasteiger partial charge in [-0.1, -0.05) is 52.2 Å². The summed E-state index contributed by atoms with van der Waals surface area (Å²) in [6.45, 7) is 3.81. The third-order valence-electron chi connectivity index (χ3n) is 5.60. The number of carbonyl (C=O) groups excluding carboxylic acids is 1. The molecular formula is C21H21BrClNO2. The minimum absolute atomic E-state index is 0.104. The van der Waals surface area contributed by atoms with Gasteiger partial charge in [0, 0.05) is 15.1 Å². The van der Waals surface area contributed by atoms with Crippen molar-refractivity contribution >= 4 is 33.3 Å². The summed E-state index contributed by atoms with van der Waals surface area (Å²) in [5.41, 5.74) is 0.721. The van der Waals surface area contributed by atoms with Crippen molar-refractivity contribution in [1.82, 2.24) is 4.90 Å². The third-order valence-corrected chi connectivity index (χ3v) is 6.44. The van der Waals surface area contributed by atoms with Gasteiger partial charge in [-0.2, -0.15) is 0 Å².